The minimum Gasteiger partial charge on any atom is -0.355 e. The molecule has 2 N–H and O–H groups in total. The van der Waals surface area contributed by atoms with Crippen molar-refractivity contribution in [3.63, 3.8) is 0 Å². The first-order valence-corrected chi connectivity index (χ1v) is 5.41. The van der Waals surface area contributed by atoms with E-state index < -0.39 is 0 Å². The van der Waals surface area contributed by atoms with Crippen LogP contribution in [-0.4, -0.2) is 49.4 Å². The standard InChI is InChI=1S/C10H19N3O2/c1-3-5-12-9(14)7-13-6-4-8(11-2)10(13)15/h8,11H,3-7H2,1-2H3,(H,12,14). The Morgan fingerprint density at radius 1 is 1.60 bits per heavy atom. The number of hydrogen-bond donors (Lipinski definition) is 2. The molecule has 0 aromatic rings. The first kappa shape index (κ1) is 12.0. The smallest absolute Gasteiger partial charge is 0.240 e. The highest BCUT2D eigenvalue weighted by molar-refractivity contribution is 5.88. The lowest BCUT2D eigenvalue weighted by Crippen LogP contribution is -2.42. The van der Waals surface area contributed by atoms with Crippen molar-refractivity contribution in [1.29, 1.82) is 0 Å². The number of nitrogens with zero attached hydrogens (tertiary/aromatic N) is 1. The Balaban J connectivity index is 2.33. The molecule has 0 aromatic heterocycles. The van der Waals surface area contributed by atoms with Gasteiger partial charge in [-0.15, -0.1) is 0 Å². The summed E-state index contributed by atoms with van der Waals surface area (Å²) in [6.45, 7) is 3.54. The van der Waals surface area contributed by atoms with Gasteiger partial charge in [0.1, 0.15) is 0 Å². The quantitative estimate of drug-likeness (QED) is 0.637. The van der Waals surface area contributed by atoms with Crippen LogP contribution in [0.5, 0.6) is 0 Å². The van der Waals surface area contributed by atoms with E-state index in [2.05, 4.69) is 10.6 Å². The average Bonchev–Trinajstić information content (AvgIpc) is 2.57. The van der Waals surface area contributed by atoms with E-state index in [1.165, 1.54) is 0 Å². The fraction of sp³-hybridized carbons (Fsp3) is 0.800. The summed E-state index contributed by atoms with van der Waals surface area (Å²) >= 11 is 0. The highest BCUT2D eigenvalue weighted by Crippen LogP contribution is 2.09. The molecule has 15 heavy (non-hydrogen) atoms. The van der Waals surface area contributed by atoms with Crippen LogP contribution in [0.1, 0.15) is 19.8 Å². The lowest BCUT2D eigenvalue weighted by Gasteiger charge is -2.15. The highest BCUT2D eigenvalue weighted by atomic mass is 16.2. The summed E-state index contributed by atoms with van der Waals surface area (Å²) in [5.41, 5.74) is 0. The molecule has 1 aliphatic heterocycles. The van der Waals surface area contributed by atoms with Crippen LogP contribution in [0.4, 0.5) is 0 Å². The van der Waals surface area contributed by atoms with Gasteiger partial charge in [0.05, 0.1) is 12.6 Å². The number of likely N-dealkylation sites (tertiary alicyclic amines) is 1. The molecule has 5 nitrogen and oxygen atoms in total. The molecule has 0 radical (unpaired) electrons. The van der Waals surface area contributed by atoms with E-state index in [1.807, 2.05) is 6.92 Å². The minimum absolute atomic E-state index is 0.0316. The number of likely N-dealkylation sites (N-methyl/N-ethyl adjacent to an activating group) is 1. The maximum absolute atomic E-state index is 11.6. The second-order valence-electron chi connectivity index (χ2n) is 3.74. The fourth-order valence-electron chi connectivity index (χ4n) is 1.66. The maximum Gasteiger partial charge on any atom is 0.240 e. The topological polar surface area (TPSA) is 61.4 Å². The molecule has 1 heterocycles. The second-order valence-corrected chi connectivity index (χ2v) is 3.74. The van der Waals surface area contributed by atoms with Crippen molar-refractivity contribution in [3.05, 3.63) is 0 Å². The number of rotatable bonds is 5. The van der Waals surface area contributed by atoms with E-state index in [-0.39, 0.29) is 24.4 Å². The zero-order chi connectivity index (χ0) is 11.3. The summed E-state index contributed by atoms with van der Waals surface area (Å²) in [5, 5.41) is 5.70. The summed E-state index contributed by atoms with van der Waals surface area (Å²) in [7, 11) is 1.77. The van der Waals surface area contributed by atoms with Crippen molar-refractivity contribution in [3.8, 4) is 0 Å². The van der Waals surface area contributed by atoms with Gasteiger partial charge in [-0.25, -0.2) is 0 Å². The van der Waals surface area contributed by atoms with E-state index in [9.17, 15) is 9.59 Å². The van der Waals surface area contributed by atoms with Crippen molar-refractivity contribution >= 4 is 11.8 Å². The number of carbonyl (C=O) groups is 2. The molecule has 5 heteroatoms. The van der Waals surface area contributed by atoms with Gasteiger partial charge in [0, 0.05) is 13.1 Å². The Kier molecular flexibility index (Phi) is 4.55. The van der Waals surface area contributed by atoms with Crippen LogP contribution in [0.15, 0.2) is 0 Å². The van der Waals surface area contributed by atoms with Crippen molar-refractivity contribution in [2.45, 2.75) is 25.8 Å². The first-order valence-electron chi connectivity index (χ1n) is 5.41. The largest absolute Gasteiger partial charge is 0.355 e. The third-order valence-electron chi connectivity index (χ3n) is 2.55. The van der Waals surface area contributed by atoms with Gasteiger partial charge in [-0.3, -0.25) is 9.59 Å². The molecule has 0 aliphatic carbocycles. The van der Waals surface area contributed by atoms with E-state index >= 15 is 0 Å². The van der Waals surface area contributed by atoms with E-state index in [1.54, 1.807) is 11.9 Å². The summed E-state index contributed by atoms with van der Waals surface area (Å²) in [4.78, 5) is 24.6. The Morgan fingerprint density at radius 2 is 2.33 bits per heavy atom. The molecule has 0 aromatic carbocycles. The SMILES string of the molecule is CCCNC(=O)CN1CCC(NC)C1=O. The number of hydrogen-bond acceptors (Lipinski definition) is 3. The van der Waals surface area contributed by atoms with Crippen molar-refractivity contribution in [1.82, 2.24) is 15.5 Å². The minimum atomic E-state index is -0.107. The first-order chi connectivity index (χ1) is 7.19. The molecule has 1 unspecified atom stereocenters. The van der Waals surface area contributed by atoms with Crippen molar-refractivity contribution in [2.75, 3.05) is 26.7 Å². The summed E-state index contributed by atoms with van der Waals surface area (Å²) in [6.07, 6.45) is 1.70. The molecule has 1 fully saturated rings. The van der Waals surface area contributed by atoms with Crippen LogP contribution in [-0.2, 0) is 9.59 Å². The van der Waals surface area contributed by atoms with Gasteiger partial charge in [0.2, 0.25) is 11.8 Å². The van der Waals surface area contributed by atoms with Crippen LogP contribution >= 0.6 is 0 Å². The molecule has 0 saturated carbocycles. The van der Waals surface area contributed by atoms with Gasteiger partial charge in [-0.2, -0.15) is 0 Å². The van der Waals surface area contributed by atoms with Gasteiger partial charge in [-0.1, -0.05) is 6.92 Å². The van der Waals surface area contributed by atoms with E-state index in [0.29, 0.717) is 13.1 Å². The molecular weight excluding hydrogens is 194 g/mol. The second kappa shape index (κ2) is 5.70. The van der Waals surface area contributed by atoms with Crippen LogP contribution in [0, 0.1) is 0 Å². The Labute approximate surface area is 90.2 Å². The molecule has 2 amide bonds. The van der Waals surface area contributed by atoms with Crippen LogP contribution in [0.2, 0.25) is 0 Å². The monoisotopic (exact) mass is 213 g/mol. The van der Waals surface area contributed by atoms with Crippen molar-refractivity contribution in [2.24, 2.45) is 0 Å². The molecule has 1 saturated heterocycles. The average molecular weight is 213 g/mol. The molecule has 1 atom stereocenters. The van der Waals surface area contributed by atoms with Gasteiger partial charge < -0.3 is 15.5 Å². The van der Waals surface area contributed by atoms with E-state index in [4.69, 9.17) is 0 Å². The lowest BCUT2D eigenvalue weighted by molar-refractivity contribution is -0.134. The predicted octanol–water partition coefficient (Wildman–Crippen LogP) is -0.667. The van der Waals surface area contributed by atoms with Crippen LogP contribution in [0.25, 0.3) is 0 Å². The van der Waals surface area contributed by atoms with E-state index in [0.717, 1.165) is 12.8 Å². The third kappa shape index (κ3) is 3.20. The fourth-order valence-corrected chi connectivity index (χ4v) is 1.66. The Bertz CT molecular complexity index is 243. The Hall–Kier alpha value is -1.10. The highest BCUT2D eigenvalue weighted by Gasteiger charge is 2.31. The normalized spacial score (nSPS) is 20.8. The summed E-state index contributed by atoms with van der Waals surface area (Å²) in [5.74, 6) is -0.0360. The summed E-state index contributed by atoms with van der Waals surface area (Å²) < 4.78 is 0. The van der Waals surface area contributed by atoms with Gasteiger partial charge in [0.25, 0.3) is 0 Å². The zero-order valence-electron chi connectivity index (χ0n) is 9.38. The van der Waals surface area contributed by atoms with Gasteiger partial charge in [0.15, 0.2) is 0 Å². The molecule has 86 valence electrons. The molecular formula is C10H19N3O2. The zero-order valence-corrected chi connectivity index (χ0v) is 9.38. The van der Waals surface area contributed by atoms with Crippen LogP contribution in [0.3, 0.4) is 0 Å². The third-order valence-corrected chi connectivity index (χ3v) is 2.55. The molecule has 1 aliphatic rings. The number of carbonyl (C=O) groups excluding carboxylic acids is 2. The Morgan fingerprint density at radius 3 is 2.87 bits per heavy atom. The van der Waals surface area contributed by atoms with Crippen molar-refractivity contribution < 1.29 is 9.59 Å². The lowest BCUT2D eigenvalue weighted by atomic mass is 10.3. The van der Waals surface area contributed by atoms with Gasteiger partial charge in [-0.05, 0) is 19.9 Å². The molecule has 0 bridgehead atoms. The maximum atomic E-state index is 11.6. The molecule has 1 rings (SSSR count). The number of nitrogens with one attached hydrogen (secondary N) is 2. The number of amides is 2. The van der Waals surface area contributed by atoms with Gasteiger partial charge >= 0.3 is 0 Å². The molecule has 0 spiro atoms. The summed E-state index contributed by atoms with van der Waals surface area (Å²) in [6, 6.07) is -0.107. The predicted molar refractivity (Wildman–Crippen MR) is 57.3 cm³/mol. The van der Waals surface area contributed by atoms with Crippen LogP contribution < -0.4 is 10.6 Å².